The molecule has 1 aliphatic carbocycles. The summed E-state index contributed by atoms with van der Waals surface area (Å²) in [6.45, 7) is 52.4. The Morgan fingerprint density at radius 1 is 0.523 bits per heavy atom. The minimum atomic E-state index is -0.955. The predicted octanol–water partition coefficient (Wildman–Crippen LogP) is 18.1. The van der Waals surface area contributed by atoms with Crippen molar-refractivity contribution < 1.29 is 14.3 Å². The molecule has 2 aromatic rings. The third-order valence-corrected chi connectivity index (χ3v) is 12.7. The molecule has 2 aliphatic rings. The molecule has 65 heavy (non-hydrogen) atoms. The second-order valence-corrected chi connectivity index (χ2v) is 29.2. The van der Waals surface area contributed by atoms with E-state index in [0.717, 1.165) is 53.2 Å². The molecule has 2 aromatic carbocycles. The first-order valence-electron chi connectivity index (χ1n) is 24.7. The van der Waals surface area contributed by atoms with Crippen LogP contribution in [0.25, 0.3) is 33.4 Å². The zero-order valence-corrected chi connectivity index (χ0v) is 45.6. The molecule has 1 aliphatic heterocycles. The summed E-state index contributed by atoms with van der Waals surface area (Å²) in [5, 5.41) is 16.0. The normalized spacial score (nSPS) is 14.7. The van der Waals surface area contributed by atoms with Crippen molar-refractivity contribution in [3.05, 3.63) is 71.6 Å². The number of nitrogens with one attached hydrogen (secondary N) is 1. The van der Waals surface area contributed by atoms with Crippen molar-refractivity contribution in [2.24, 2.45) is 48.3 Å². The van der Waals surface area contributed by atoms with E-state index in [9.17, 15) is 9.90 Å². The highest BCUT2D eigenvalue weighted by atomic mass is 16.4. The maximum atomic E-state index is 12.7. The number of hydrogen-bond donors (Lipinski definition) is 2. The number of carbonyl (C=O) groups is 1. The second kappa shape index (κ2) is 18.5. The van der Waals surface area contributed by atoms with Crippen LogP contribution in [0.2, 0.25) is 0 Å². The fourth-order valence-electron chi connectivity index (χ4n) is 14.8. The Labute approximate surface area is 397 Å². The number of benzene rings is 3. The summed E-state index contributed by atoms with van der Waals surface area (Å²) in [5.74, 6) is -0.274. The summed E-state index contributed by atoms with van der Waals surface area (Å²) in [6.07, 6.45) is 8.90. The number of carboxylic acid groups (broad SMARTS) is 1. The van der Waals surface area contributed by atoms with Gasteiger partial charge in [-0.1, -0.05) is 143 Å². The van der Waals surface area contributed by atoms with Gasteiger partial charge in [0, 0.05) is 39.9 Å². The Morgan fingerprint density at radius 2 is 0.985 bits per heavy atom. The SMILES string of the molecule is CC(C)(C)CC(C)(C)CC(C)(C)CC(C)(C)CC(C)(C)N=c1ccc2c(-c3ccccc3C(=O)O)c3ccc(NC(C)(C)CC(C)(C)CC(C)(C)CC(C)(C)CC(C)(C)C)cc3oc-2c1. The number of anilines is 1. The van der Waals surface area contributed by atoms with Crippen molar-refractivity contribution in [1.82, 2.24) is 0 Å². The highest BCUT2D eigenvalue weighted by molar-refractivity contribution is 6.07. The van der Waals surface area contributed by atoms with Crippen molar-refractivity contribution in [1.29, 1.82) is 0 Å². The highest BCUT2D eigenvalue weighted by Crippen LogP contribution is 2.50. The van der Waals surface area contributed by atoms with Gasteiger partial charge in [-0.05, 0) is 158 Å². The minimum absolute atomic E-state index is 0.0606. The smallest absolute Gasteiger partial charge is 0.336 e. The summed E-state index contributed by atoms with van der Waals surface area (Å²) in [5.41, 5.74) is 5.39. The van der Waals surface area contributed by atoms with E-state index >= 15 is 0 Å². The average molecular weight is 891 g/mol. The highest BCUT2D eigenvalue weighted by Gasteiger charge is 2.40. The van der Waals surface area contributed by atoms with Gasteiger partial charge < -0.3 is 14.8 Å². The molecule has 5 nitrogen and oxygen atoms in total. The maximum Gasteiger partial charge on any atom is 0.336 e. The third kappa shape index (κ3) is 16.6. The molecule has 1 heterocycles. The first-order chi connectivity index (χ1) is 29.1. The minimum Gasteiger partial charge on any atom is -0.478 e. The van der Waals surface area contributed by atoms with Crippen LogP contribution < -0.4 is 10.7 Å². The zero-order chi connectivity index (χ0) is 49.6. The van der Waals surface area contributed by atoms with Crippen molar-refractivity contribution in [2.45, 2.75) is 215 Å². The molecular weight excluding hydrogens is 797 g/mol. The number of aromatic carboxylic acids is 1. The van der Waals surface area contributed by atoms with E-state index in [-0.39, 0.29) is 49.1 Å². The summed E-state index contributed by atoms with van der Waals surface area (Å²) >= 11 is 0. The van der Waals surface area contributed by atoms with Crippen LogP contribution in [0.15, 0.2) is 70.1 Å². The van der Waals surface area contributed by atoms with Gasteiger partial charge in [0.1, 0.15) is 11.3 Å². The first-order valence-corrected chi connectivity index (χ1v) is 24.7. The molecule has 0 saturated carbocycles. The van der Waals surface area contributed by atoms with E-state index in [0.29, 0.717) is 27.7 Å². The fourth-order valence-corrected chi connectivity index (χ4v) is 14.8. The molecule has 0 atom stereocenters. The maximum absolute atomic E-state index is 12.7. The monoisotopic (exact) mass is 891 g/mol. The van der Waals surface area contributed by atoms with Crippen molar-refractivity contribution in [3.63, 3.8) is 0 Å². The summed E-state index contributed by atoms with van der Waals surface area (Å²) in [7, 11) is 0. The van der Waals surface area contributed by atoms with E-state index in [1.165, 1.54) is 25.7 Å². The fraction of sp³-hybridized carbons (Fsp3) is 0.667. The van der Waals surface area contributed by atoms with Gasteiger partial charge in [0.15, 0.2) is 0 Å². The Hall–Kier alpha value is -3.60. The van der Waals surface area contributed by atoms with Crippen molar-refractivity contribution >= 4 is 22.6 Å². The molecule has 4 rings (SSSR count). The number of carboxylic acids is 1. The Morgan fingerprint density at radius 3 is 1.48 bits per heavy atom. The molecule has 0 fully saturated rings. The van der Waals surface area contributed by atoms with Gasteiger partial charge in [-0.2, -0.15) is 0 Å². The van der Waals surface area contributed by atoms with Crippen molar-refractivity contribution in [3.8, 4) is 22.5 Å². The van der Waals surface area contributed by atoms with Crippen LogP contribution in [0.4, 0.5) is 5.69 Å². The topological polar surface area (TPSA) is 74.8 Å². The van der Waals surface area contributed by atoms with Crippen LogP contribution in [-0.4, -0.2) is 22.2 Å². The lowest BCUT2D eigenvalue weighted by Crippen LogP contribution is -2.39. The van der Waals surface area contributed by atoms with Crippen LogP contribution in [-0.2, 0) is 0 Å². The molecule has 0 aromatic heterocycles. The number of fused-ring (bicyclic) bond motifs is 2. The van der Waals surface area contributed by atoms with Gasteiger partial charge >= 0.3 is 5.97 Å². The molecule has 2 N–H and O–H groups in total. The third-order valence-electron chi connectivity index (χ3n) is 12.7. The van der Waals surface area contributed by atoms with Gasteiger partial charge in [0.05, 0.1) is 16.5 Å². The first kappa shape index (κ1) is 54.0. The predicted molar refractivity (Wildman–Crippen MR) is 281 cm³/mol. The average Bonchev–Trinajstić information content (AvgIpc) is 3.00. The molecular formula is C60H94N2O3. The zero-order valence-electron chi connectivity index (χ0n) is 45.6. The van der Waals surface area contributed by atoms with Gasteiger partial charge in [-0.25, -0.2) is 4.79 Å². The van der Waals surface area contributed by atoms with Crippen LogP contribution in [0.5, 0.6) is 0 Å². The molecule has 0 unspecified atom stereocenters. The molecule has 0 saturated heterocycles. The van der Waals surface area contributed by atoms with Gasteiger partial charge in [-0.15, -0.1) is 0 Å². The van der Waals surface area contributed by atoms with Crippen molar-refractivity contribution in [2.75, 3.05) is 5.32 Å². The van der Waals surface area contributed by atoms with Crippen LogP contribution >= 0.6 is 0 Å². The lowest BCUT2D eigenvalue weighted by molar-refractivity contribution is 0.0696. The number of nitrogens with zero attached hydrogens (tertiary/aromatic N) is 1. The lowest BCUT2D eigenvalue weighted by atomic mass is 9.62. The van der Waals surface area contributed by atoms with Crippen LogP contribution in [0.1, 0.15) is 214 Å². The molecule has 0 amide bonds. The molecule has 0 bridgehead atoms. The van der Waals surface area contributed by atoms with Gasteiger partial charge in [-0.3, -0.25) is 4.99 Å². The Balaban J connectivity index is 1.72. The van der Waals surface area contributed by atoms with E-state index in [1.807, 2.05) is 18.2 Å². The standard InChI is InChI=1S/C60H94N2O3/c1-51(2,3)33-53(7,8)35-55(11,12)37-57(15,16)39-59(19,20)61-41-27-29-45-47(31-41)65-48-32-42(28-30-46(48)49(45)43-25-23-24-26-44(43)50(63)64)62-60(21,22)40-58(17,18)38-56(13,14)36-54(9,10)34-52(4,5)6/h23-32,61H,33-40H2,1-22H3,(H,63,64). The Bertz CT molecular complexity index is 2310. The molecule has 362 valence electrons. The number of hydrogen-bond acceptors (Lipinski definition) is 4. The van der Waals surface area contributed by atoms with E-state index in [4.69, 9.17) is 9.41 Å². The van der Waals surface area contributed by atoms with Crippen LogP contribution in [0, 0.1) is 43.3 Å². The quantitative estimate of drug-likeness (QED) is 0.0920. The Kier molecular flexibility index (Phi) is 15.4. The van der Waals surface area contributed by atoms with Gasteiger partial charge in [0.25, 0.3) is 0 Å². The van der Waals surface area contributed by atoms with Crippen LogP contribution in [0.3, 0.4) is 0 Å². The summed E-state index contributed by atoms with van der Waals surface area (Å²) in [6, 6.07) is 19.8. The second-order valence-electron chi connectivity index (χ2n) is 29.2. The van der Waals surface area contributed by atoms with E-state index in [2.05, 4.69) is 188 Å². The molecule has 0 spiro atoms. The van der Waals surface area contributed by atoms with E-state index < -0.39 is 5.97 Å². The van der Waals surface area contributed by atoms with E-state index in [1.54, 1.807) is 12.1 Å². The summed E-state index contributed by atoms with van der Waals surface area (Å²) < 4.78 is 6.87. The largest absolute Gasteiger partial charge is 0.478 e. The van der Waals surface area contributed by atoms with Gasteiger partial charge in [0.2, 0.25) is 0 Å². The molecule has 5 heteroatoms. The lowest BCUT2D eigenvalue weighted by Gasteiger charge is -2.44. The summed E-state index contributed by atoms with van der Waals surface area (Å²) in [4.78, 5) is 18.1. The molecule has 0 radical (unpaired) electrons. The number of rotatable bonds is 19.